The topological polar surface area (TPSA) is 59.8 Å². The molecule has 1 fully saturated rings. The van der Waals surface area contributed by atoms with Crippen LogP contribution in [0, 0.1) is 0 Å². The lowest BCUT2D eigenvalue weighted by Crippen LogP contribution is -2.49. The molecule has 0 spiro atoms. The van der Waals surface area contributed by atoms with E-state index >= 15 is 0 Å². The Morgan fingerprint density at radius 2 is 1.83 bits per heavy atom. The largest absolute Gasteiger partial charge is 0.497 e. The van der Waals surface area contributed by atoms with Crippen LogP contribution in [0.25, 0.3) is 22.6 Å². The molecule has 7 heteroatoms. The molecule has 5 rings (SSSR count). The van der Waals surface area contributed by atoms with E-state index in [4.69, 9.17) is 9.47 Å². The van der Waals surface area contributed by atoms with Crippen LogP contribution < -0.4 is 9.64 Å². The number of nitrogens with zero attached hydrogens (tertiary/aromatic N) is 4. The van der Waals surface area contributed by atoms with Crippen molar-refractivity contribution in [3.63, 3.8) is 0 Å². The lowest BCUT2D eigenvalue weighted by Gasteiger charge is -2.36. The first-order valence-corrected chi connectivity index (χ1v) is 9.70. The minimum Gasteiger partial charge on any atom is -0.497 e. The molecule has 0 radical (unpaired) electrons. The first-order chi connectivity index (χ1) is 14.3. The number of hydrogen-bond donors (Lipinski definition) is 0. The number of hydrogen-bond acceptors (Lipinski definition) is 4. The van der Waals surface area contributed by atoms with E-state index < -0.39 is 0 Å². The van der Waals surface area contributed by atoms with E-state index in [1.165, 1.54) is 0 Å². The van der Waals surface area contributed by atoms with Gasteiger partial charge in [0.1, 0.15) is 18.2 Å². The van der Waals surface area contributed by atoms with Gasteiger partial charge in [-0.3, -0.25) is 4.90 Å². The van der Waals surface area contributed by atoms with Crippen LogP contribution in [0.4, 0.5) is 10.5 Å². The Labute approximate surface area is 169 Å². The summed E-state index contributed by atoms with van der Waals surface area (Å²) in [5.41, 5.74) is 3.91. The molecule has 0 unspecified atom stereocenters. The van der Waals surface area contributed by atoms with Crippen molar-refractivity contribution in [3.8, 4) is 28.4 Å². The summed E-state index contributed by atoms with van der Waals surface area (Å²) in [4.78, 5) is 21.7. The number of ether oxygens (including phenoxy) is 2. The number of carbonyl (C=O) groups is 1. The van der Waals surface area contributed by atoms with Crippen LogP contribution in [0.5, 0.6) is 5.75 Å². The summed E-state index contributed by atoms with van der Waals surface area (Å²) in [6, 6.07) is 15.8. The van der Waals surface area contributed by atoms with Gasteiger partial charge >= 0.3 is 6.03 Å². The van der Waals surface area contributed by atoms with Gasteiger partial charge in [0, 0.05) is 24.2 Å². The van der Waals surface area contributed by atoms with Crippen molar-refractivity contribution in [2.24, 2.45) is 0 Å². The summed E-state index contributed by atoms with van der Waals surface area (Å²) in [6.07, 6.45) is 1.88. The van der Waals surface area contributed by atoms with Gasteiger partial charge in [0.05, 0.1) is 37.9 Å². The molecule has 2 amide bonds. The van der Waals surface area contributed by atoms with Crippen LogP contribution >= 0.6 is 0 Å². The second kappa shape index (κ2) is 7.25. The zero-order valence-electron chi connectivity index (χ0n) is 16.2. The maximum absolute atomic E-state index is 13.3. The quantitative estimate of drug-likeness (QED) is 0.672. The highest BCUT2D eigenvalue weighted by molar-refractivity contribution is 5.97. The van der Waals surface area contributed by atoms with Crippen molar-refractivity contribution in [1.29, 1.82) is 0 Å². The molecule has 1 aromatic heterocycles. The lowest BCUT2D eigenvalue weighted by atomic mass is 10.1. The van der Waals surface area contributed by atoms with Crippen LogP contribution in [-0.2, 0) is 11.4 Å². The number of imidazole rings is 1. The lowest BCUT2D eigenvalue weighted by molar-refractivity contribution is 0.0545. The molecule has 7 nitrogen and oxygen atoms in total. The first-order valence-electron chi connectivity index (χ1n) is 9.70. The number of carbonyl (C=O) groups excluding carboxylic acids is 1. The van der Waals surface area contributed by atoms with Crippen molar-refractivity contribution in [3.05, 3.63) is 54.7 Å². The molecule has 1 saturated heterocycles. The molecule has 2 aliphatic heterocycles. The van der Waals surface area contributed by atoms with Gasteiger partial charge in [0.15, 0.2) is 0 Å². The highest BCUT2D eigenvalue weighted by Gasteiger charge is 2.31. The highest BCUT2D eigenvalue weighted by Crippen LogP contribution is 2.39. The van der Waals surface area contributed by atoms with Crippen LogP contribution in [0.15, 0.2) is 54.7 Å². The Hall–Kier alpha value is -3.32. The predicted molar refractivity (Wildman–Crippen MR) is 110 cm³/mol. The molecule has 3 aromatic rings. The average molecular weight is 390 g/mol. The smallest absolute Gasteiger partial charge is 0.326 e. The maximum atomic E-state index is 13.3. The number of fused-ring (bicyclic) bond motifs is 3. The zero-order valence-corrected chi connectivity index (χ0v) is 16.2. The molecule has 0 N–H and O–H groups in total. The van der Waals surface area contributed by atoms with Crippen molar-refractivity contribution < 1.29 is 14.3 Å². The van der Waals surface area contributed by atoms with Crippen LogP contribution in [0.2, 0.25) is 0 Å². The second-order valence-electron chi connectivity index (χ2n) is 7.09. The summed E-state index contributed by atoms with van der Waals surface area (Å²) in [5.74, 6) is 1.63. The van der Waals surface area contributed by atoms with Crippen LogP contribution in [0.3, 0.4) is 0 Å². The summed E-state index contributed by atoms with van der Waals surface area (Å²) in [7, 11) is 1.65. The molecule has 0 aliphatic carbocycles. The van der Waals surface area contributed by atoms with Gasteiger partial charge in [-0.2, -0.15) is 0 Å². The summed E-state index contributed by atoms with van der Waals surface area (Å²) in [5, 5.41) is 0. The SMILES string of the molecule is COc1ccc(-c2ncc3n2CN(C(=O)N2CCOCC2)c2ccccc2-3)cc1. The fraction of sp³-hybridized carbons (Fsp3) is 0.273. The van der Waals surface area contributed by atoms with Crippen molar-refractivity contribution in [2.75, 3.05) is 38.3 Å². The minimum absolute atomic E-state index is 0.000723. The maximum Gasteiger partial charge on any atom is 0.326 e. The van der Waals surface area contributed by atoms with Crippen LogP contribution in [-0.4, -0.2) is 53.9 Å². The van der Waals surface area contributed by atoms with E-state index in [1.54, 1.807) is 7.11 Å². The monoisotopic (exact) mass is 390 g/mol. The molecule has 148 valence electrons. The summed E-state index contributed by atoms with van der Waals surface area (Å²) in [6.45, 7) is 2.80. The molecular formula is C22H22N4O3. The van der Waals surface area contributed by atoms with Crippen molar-refractivity contribution >= 4 is 11.7 Å². The van der Waals surface area contributed by atoms with Gasteiger partial charge in [0.25, 0.3) is 0 Å². The van der Waals surface area contributed by atoms with E-state index in [0.29, 0.717) is 33.0 Å². The number of anilines is 1. The van der Waals surface area contributed by atoms with Crippen molar-refractivity contribution in [2.45, 2.75) is 6.67 Å². The Kier molecular flexibility index (Phi) is 4.44. The van der Waals surface area contributed by atoms with Crippen molar-refractivity contribution in [1.82, 2.24) is 14.5 Å². The summed E-state index contributed by atoms with van der Waals surface area (Å²) >= 11 is 0. The highest BCUT2D eigenvalue weighted by atomic mass is 16.5. The fourth-order valence-electron chi connectivity index (χ4n) is 3.94. The Morgan fingerprint density at radius 3 is 2.59 bits per heavy atom. The number of para-hydroxylation sites is 1. The summed E-state index contributed by atoms with van der Waals surface area (Å²) < 4.78 is 12.8. The van der Waals surface area contributed by atoms with Crippen LogP contribution in [0.1, 0.15) is 0 Å². The van der Waals surface area contributed by atoms with Gasteiger partial charge in [-0.1, -0.05) is 18.2 Å². The normalized spacial score (nSPS) is 15.6. The molecule has 3 heterocycles. The predicted octanol–water partition coefficient (Wildman–Crippen LogP) is 3.46. The number of rotatable bonds is 2. The van der Waals surface area contributed by atoms with E-state index in [2.05, 4.69) is 9.55 Å². The van der Waals surface area contributed by atoms with Gasteiger partial charge in [-0.25, -0.2) is 9.78 Å². The van der Waals surface area contributed by atoms with E-state index in [9.17, 15) is 4.79 Å². The third kappa shape index (κ3) is 3.03. The molecule has 0 bridgehead atoms. The molecule has 0 atom stereocenters. The number of aromatic nitrogens is 2. The molecule has 2 aliphatic rings. The number of urea groups is 1. The molecular weight excluding hydrogens is 368 g/mol. The average Bonchev–Trinajstić information content (AvgIpc) is 3.23. The zero-order chi connectivity index (χ0) is 19.8. The number of amides is 2. The number of methoxy groups -OCH3 is 1. The van der Waals surface area contributed by atoms with Gasteiger partial charge in [-0.15, -0.1) is 0 Å². The van der Waals surface area contributed by atoms with Gasteiger partial charge in [0.2, 0.25) is 0 Å². The Balaban J connectivity index is 1.56. The van der Waals surface area contributed by atoms with Gasteiger partial charge in [-0.05, 0) is 30.3 Å². The second-order valence-corrected chi connectivity index (χ2v) is 7.09. The Morgan fingerprint density at radius 1 is 1.07 bits per heavy atom. The number of benzene rings is 2. The molecule has 29 heavy (non-hydrogen) atoms. The standard InChI is InChI=1S/C22H22N4O3/c1-28-17-8-6-16(7-9-17)21-23-14-20-18-4-2-3-5-19(18)26(15-25(20)21)22(27)24-10-12-29-13-11-24/h2-9,14H,10-13,15H2,1H3. The van der Waals surface area contributed by atoms with E-state index in [-0.39, 0.29) is 6.03 Å². The fourth-order valence-corrected chi connectivity index (χ4v) is 3.94. The molecule has 0 saturated carbocycles. The van der Waals surface area contributed by atoms with E-state index in [0.717, 1.165) is 34.1 Å². The van der Waals surface area contributed by atoms with E-state index in [1.807, 2.05) is 64.5 Å². The third-order valence-electron chi connectivity index (χ3n) is 5.47. The Bertz CT molecular complexity index is 1040. The minimum atomic E-state index is 0.000723. The number of morpholine rings is 1. The third-order valence-corrected chi connectivity index (χ3v) is 5.47. The van der Waals surface area contributed by atoms with Gasteiger partial charge < -0.3 is 18.9 Å². The molecule has 2 aromatic carbocycles. The first kappa shape index (κ1) is 17.8.